The summed E-state index contributed by atoms with van der Waals surface area (Å²) in [5.41, 5.74) is 0.532. The molecule has 0 heterocycles. The van der Waals surface area contributed by atoms with E-state index in [0.717, 1.165) is 15.6 Å². The molecule has 3 rings (SSSR count). The molecule has 0 fully saturated rings. The largest absolute Gasteiger partial charge is 0.497 e. The number of hydrogen-bond acceptors (Lipinski definition) is 3. The molecule has 1 N–H and O–H groups in total. The van der Waals surface area contributed by atoms with Gasteiger partial charge in [0.15, 0.2) is 0 Å². The quantitative estimate of drug-likeness (QED) is 0.624. The fraction of sp³-hybridized carbons (Fsp3) is 0.150. The van der Waals surface area contributed by atoms with Gasteiger partial charge in [-0.15, -0.1) is 0 Å². The highest BCUT2D eigenvalue weighted by Crippen LogP contribution is 2.22. The second-order valence-electron chi connectivity index (χ2n) is 5.46. The zero-order chi connectivity index (χ0) is 17.6. The molecule has 3 aromatic carbocycles. The summed E-state index contributed by atoms with van der Waals surface area (Å²) in [6.07, 6.45) is 0. The molecule has 3 aromatic rings. The number of ether oxygens (including phenoxy) is 2. The van der Waals surface area contributed by atoms with E-state index in [0.29, 0.717) is 24.5 Å². The lowest BCUT2D eigenvalue weighted by Crippen LogP contribution is -2.28. The molecule has 0 atom stereocenters. The number of nitrogens with one attached hydrogen (secondary N) is 1. The van der Waals surface area contributed by atoms with E-state index in [1.54, 1.807) is 25.3 Å². The lowest BCUT2D eigenvalue weighted by Gasteiger charge is -2.10. The number of carbonyl (C=O) groups excluding carboxylic acids is 1. The van der Waals surface area contributed by atoms with Gasteiger partial charge in [-0.25, -0.2) is 0 Å². The molecule has 0 aliphatic heterocycles. The number of carbonyl (C=O) groups is 1. The lowest BCUT2D eigenvalue weighted by molar-refractivity contribution is 0.0946. The Hall–Kier alpha value is -2.53. The molecule has 5 heteroatoms. The summed E-state index contributed by atoms with van der Waals surface area (Å²) in [5, 5.41) is 5.15. The van der Waals surface area contributed by atoms with Crippen LogP contribution in [0.4, 0.5) is 0 Å². The van der Waals surface area contributed by atoms with Gasteiger partial charge in [-0.3, -0.25) is 4.79 Å². The minimum atomic E-state index is -0.173. The normalized spacial score (nSPS) is 10.5. The highest BCUT2D eigenvalue weighted by molar-refractivity contribution is 9.10. The highest BCUT2D eigenvalue weighted by Gasteiger charge is 2.10. The monoisotopic (exact) mass is 399 g/mol. The Bertz CT molecular complexity index is 895. The molecule has 0 aromatic heterocycles. The van der Waals surface area contributed by atoms with Crippen LogP contribution in [0.3, 0.4) is 0 Å². The van der Waals surface area contributed by atoms with E-state index >= 15 is 0 Å². The first kappa shape index (κ1) is 17.3. The van der Waals surface area contributed by atoms with Crippen molar-refractivity contribution in [3.05, 3.63) is 70.7 Å². The lowest BCUT2D eigenvalue weighted by atomic mass is 10.1. The molecule has 4 nitrogen and oxygen atoms in total. The van der Waals surface area contributed by atoms with E-state index < -0.39 is 0 Å². The third-order valence-corrected chi connectivity index (χ3v) is 4.49. The van der Waals surface area contributed by atoms with Crippen LogP contribution in [-0.2, 0) is 0 Å². The fourth-order valence-electron chi connectivity index (χ4n) is 2.49. The van der Waals surface area contributed by atoms with Crippen LogP contribution in [0.5, 0.6) is 11.5 Å². The second kappa shape index (κ2) is 8.03. The first-order valence-electron chi connectivity index (χ1n) is 7.91. The highest BCUT2D eigenvalue weighted by atomic mass is 79.9. The predicted molar refractivity (Wildman–Crippen MR) is 102 cm³/mol. The van der Waals surface area contributed by atoms with Crippen LogP contribution in [0.2, 0.25) is 0 Å². The summed E-state index contributed by atoms with van der Waals surface area (Å²) in [6, 6.07) is 19.4. The predicted octanol–water partition coefficient (Wildman–Crippen LogP) is 4.42. The maximum Gasteiger partial charge on any atom is 0.252 e. The first-order valence-corrected chi connectivity index (χ1v) is 8.70. The van der Waals surface area contributed by atoms with Crippen LogP contribution in [-0.4, -0.2) is 26.2 Å². The third-order valence-electron chi connectivity index (χ3n) is 3.80. The molecule has 0 aliphatic rings. The van der Waals surface area contributed by atoms with Gasteiger partial charge in [0.05, 0.1) is 19.2 Å². The van der Waals surface area contributed by atoms with Crippen molar-refractivity contribution in [3.8, 4) is 11.5 Å². The van der Waals surface area contributed by atoms with Crippen LogP contribution in [0.15, 0.2) is 65.1 Å². The molecule has 0 aliphatic carbocycles. The van der Waals surface area contributed by atoms with Crippen molar-refractivity contribution in [2.75, 3.05) is 20.3 Å². The molecular weight excluding hydrogens is 382 g/mol. The van der Waals surface area contributed by atoms with E-state index in [2.05, 4.69) is 27.3 Å². The molecule has 0 unspecified atom stereocenters. The molecule has 0 saturated heterocycles. The van der Waals surface area contributed by atoms with Crippen molar-refractivity contribution in [2.45, 2.75) is 0 Å². The van der Waals surface area contributed by atoms with Gasteiger partial charge in [-0.1, -0.05) is 30.3 Å². The number of hydrogen-bond donors (Lipinski definition) is 1. The summed E-state index contributed by atoms with van der Waals surface area (Å²) in [6.45, 7) is 0.807. The standard InChI is InChI=1S/C20H18BrNO3/c1-24-16-8-9-19(21)18(13-16)20(23)22-10-11-25-17-7-6-14-4-2-3-5-15(14)12-17/h2-9,12-13H,10-11H2,1H3,(H,22,23). The van der Waals surface area contributed by atoms with E-state index in [1.165, 1.54) is 5.39 Å². The molecule has 0 saturated carbocycles. The molecule has 0 radical (unpaired) electrons. The van der Waals surface area contributed by atoms with Crippen molar-refractivity contribution < 1.29 is 14.3 Å². The summed E-state index contributed by atoms with van der Waals surface area (Å²) in [5.74, 6) is 1.25. The summed E-state index contributed by atoms with van der Waals surface area (Å²) < 4.78 is 11.6. The number of fused-ring (bicyclic) bond motifs is 1. The van der Waals surface area contributed by atoms with Gasteiger partial charge in [-0.05, 0) is 57.0 Å². The van der Waals surface area contributed by atoms with E-state index in [9.17, 15) is 4.79 Å². The van der Waals surface area contributed by atoms with Crippen molar-refractivity contribution in [2.24, 2.45) is 0 Å². The Kier molecular flexibility index (Phi) is 5.56. The van der Waals surface area contributed by atoms with Gasteiger partial charge in [0.1, 0.15) is 18.1 Å². The Morgan fingerprint density at radius 3 is 2.56 bits per heavy atom. The molecule has 0 spiro atoms. The SMILES string of the molecule is COc1ccc(Br)c(C(=O)NCCOc2ccc3ccccc3c2)c1. The number of halogens is 1. The second-order valence-corrected chi connectivity index (χ2v) is 6.31. The third kappa shape index (κ3) is 4.31. The zero-order valence-corrected chi connectivity index (χ0v) is 15.4. The molecule has 25 heavy (non-hydrogen) atoms. The topological polar surface area (TPSA) is 47.6 Å². The van der Waals surface area contributed by atoms with Gasteiger partial charge < -0.3 is 14.8 Å². The Morgan fingerprint density at radius 2 is 1.76 bits per heavy atom. The molecule has 128 valence electrons. The zero-order valence-electron chi connectivity index (χ0n) is 13.8. The van der Waals surface area contributed by atoms with Crippen LogP contribution in [0.25, 0.3) is 10.8 Å². The van der Waals surface area contributed by atoms with Crippen molar-refractivity contribution >= 4 is 32.6 Å². The average molecular weight is 400 g/mol. The number of rotatable bonds is 6. The van der Waals surface area contributed by atoms with Crippen LogP contribution in [0, 0.1) is 0 Å². The summed E-state index contributed by atoms with van der Waals surface area (Å²) in [4.78, 5) is 12.3. The van der Waals surface area contributed by atoms with Gasteiger partial charge >= 0.3 is 0 Å². The van der Waals surface area contributed by atoms with Crippen LogP contribution < -0.4 is 14.8 Å². The number of amides is 1. The van der Waals surface area contributed by atoms with E-state index in [-0.39, 0.29) is 5.91 Å². The van der Waals surface area contributed by atoms with Crippen LogP contribution in [0.1, 0.15) is 10.4 Å². The molecule has 0 bridgehead atoms. The van der Waals surface area contributed by atoms with E-state index in [4.69, 9.17) is 9.47 Å². The Labute approximate surface area is 154 Å². The van der Waals surface area contributed by atoms with Gasteiger partial charge in [0, 0.05) is 4.47 Å². The smallest absolute Gasteiger partial charge is 0.252 e. The molecule has 1 amide bonds. The van der Waals surface area contributed by atoms with E-state index in [1.807, 2.05) is 36.4 Å². The van der Waals surface area contributed by atoms with Gasteiger partial charge in [0.25, 0.3) is 5.91 Å². The summed E-state index contributed by atoms with van der Waals surface area (Å²) >= 11 is 3.38. The minimum absolute atomic E-state index is 0.173. The Morgan fingerprint density at radius 1 is 1.00 bits per heavy atom. The van der Waals surface area contributed by atoms with Crippen molar-refractivity contribution in [3.63, 3.8) is 0 Å². The van der Waals surface area contributed by atoms with Gasteiger partial charge in [0.2, 0.25) is 0 Å². The number of methoxy groups -OCH3 is 1. The fourth-order valence-corrected chi connectivity index (χ4v) is 2.92. The molecular formula is C20H18BrNO3. The average Bonchev–Trinajstić information content (AvgIpc) is 2.65. The van der Waals surface area contributed by atoms with Crippen molar-refractivity contribution in [1.82, 2.24) is 5.32 Å². The minimum Gasteiger partial charge on any atom is -0.497 e. The Balaban J connectivity index is 1.54. The first-order chi connectivity index (χ1) is 12.2. The summed E-state index contributed by atoms with van der Waals surface area (Å²) in [7, 11) is 1.57. The van der Waals surface area contributed by atoms with Crippen molar-refractivity contribution in [1.29, 1.82) is 0 Å². The maximum absolute atomic E-state index is 12.3. The van der Waals surface area contributed by atoms with Crippen LogP contribution >= 0.6 is 15.9 Å². The number of benzene rings is 3. The van der Waals surface area contributed by atoms with Gasteiger partial charge in [-0.2, -0.15) is 0 Å². The maximum atomic E-state index is 12.3.